The van der Waals surface area contributed by atoms with Gasteiger partial charge < -0.3 is 5.32 Å². The smallest absolute Gasteiger partial charge is 0.0641 e. The first-order valence-corrected chi connectivity index (χ1v) is 6.23. The predicted molar refractivity (Wildman–Crippen MR) is 73.9 cm³/mol. The van der Waals surface area contributed by atoms with Crippen LogP contribution in [0.3, 0.4) is 0 Å². The van der Waals surface area contributed by atoms with Crippen molar-refractivity contribution in [2.75, 3.05) is 5.32 Å². The Morgan fingerprint density at radius 2 is 1.62 bits per heavy atom. The molecule has 90 valence electrons. The van der Waals surface area contributed by atoms with Crippen molar-refractivity contribution in [1.29, 1.82) is 0 Å². The van der Waals surface area contributed by atoms with Crippen LogP contribution in [0.2, 0.25) is 10.0 Å². The Bertz CT molecular complexity index is 378. The van der Waals surface area contributed by atoms with Crippen LogP contribution >= 0.6 is 23.2 Å². The summed E-state index contributed by atoms with van der Waals surface area (Å²) in [4.78, 5) is 0. The van der Waals surface area contributed by atoms with Gasteiger partial charge in [0.15, 0.2) is 0 Å². The van der Waals surface area contributed by atoms with Crippen LogP contribution in [0, 0.1) is 0 Å². The minimum absolute atomic E-state index is 0.0110. The van der Waals surface area contributed by atoms with Crippen LogP contribution in [0.5, 0.6) is 0 Å². The van der Waals surface area contributed by atoms with Gasteiger partial charge in [-0.05, 0) is 37.0 Å². The van der Waals surface area contributed by atoms with E-state index in [1.807, 2.05) is 12.1 Å². The highest BCUT2D eigenvalue weighted by atomic mass is 35.5. The van der Waals surface area contributed by atoms with Gasteiger partial charge >= 0.3 is 0 Å². The fourth-order valence-electron chi connectivity index (χ4n) is 1.54. The summed E-state index contributed by atoms with van der Waals surface area (Å²) in [5, 5.41) is 4.77. The molecule has 1 aromatic rings. The van der Waals surface area contributed by atoms with Gasteiger partial charge in [0.25, 0.3) is 0 Å². The number of halogens is 2. The van der Waals surface area contributed by atoms with E-state index >= 15 is 0 Å². The fraction of sp³-hybridized carbons (Fsp3) is 0.538. The molecule has 0 unspecified atom stereocenters. The van der Waals surface area contributed by atoms with Crippen molar-refractivity contribution in [3.63, 3.8) is 0 Å². The Morgan fingerprint density at radius 1 is 1.06 bits per heavy atom. The lowest BCUT2D eigenvalue weighted by atomic mass is 9.87. The molecule has 0 heterocycles. The van der Waals surface area contributed by atoms with Crippen LogP contribution in [-0.2, 0) is 5.41 Å². The van der Waals surface area contributed by atoms with Gasteiger partial charge in [-0.25, -0.2) is 0 Å². The molecular weight excluding hydrogens is 241 g/mol. The van der Waals surface area contributed by atoms with Gasteiger partial charge in [-0.15, -0.1) is 0 Å². The number of rotatable bonds is 2. The molecule has 1 rings (SSSR count). The number of hydrogen-bond acceptors (Lipinski definition) is 1. The maximum atomic E-state index is 6.27. The minimum Gasteiger partial charge on any atom is -0.382 e. The Morgan fingerprint density at radius 3 is 2.06 bits per heavy atom. The second-order valence-corrected chi connectivity index (χ2v) is 6.18. The third-order valence-corrected chi connectivity index (χ3v) is 2.93. The van der Waals surface area contributed by atoms with Crippen LogP contribution in [0.1, 0.15) is 40.2 Å². The highest BCUT2D eigenvalue weighted by Crippen LogP contribution is 2.36. The van der Waals surface area contributed by atoms with Gasteiger partial charge in [0.1, 0.15) is 0 Å². The van der Waals surface area contributed by atoms with Crippen LogP contribution in [-0.4, -0.2) is 6.04 Å². The zero-order valence-electron chi connectivity index (χ0n) is 10.5. The van der Waals surface area contributed by atoms with Crippen molar-refractivity contribution in [1.82, 2.24) is 0 Å². The quantitative estimate of drug-likeness (QED) is 0.779. The monoisotopic (exact) mass is 259 g/mol. The molecule has 0 aliphatic heterocycles. The van der Waals surface area contributed by atoms with Crippen LogP contribution in [0.25, 0.3) is 0 Å². The standard InChI is InChI=1S/C13H19Cl2N/c1-8(2)16-12-7-10(14)9(6-11(12)15)13(3,4)5/h6-8,16H,1-5H3. The molecule has 0 spiro atoms. The van der Waals surface area contributed by atoms with E-state index in [9.17, 15) is 0 Å². The molecular formula is C13H19Cl2N. The molecule has 0 radical (unpaired) electrons. The van der Waals surface area contributed by atoms with Crippen LogP contribution in [0.15, 0.2) is 12.1 Å². The summed E-state index contributed by atoms with van der Waals surface area (Å²) >= 11 is 12.5. The second-order valence-electron chi connectivity index (χ2n) is 5.36. The molecule has 1 nitrogen and oxygen atoms in total. The molecule has 1 N–H and O–H groups in total. The van der Waals surface area contributed by atoms with E-state index in [2.05, 4.69) is 39.9 Å². The first-order chi connectivity index (χ1) is 7.21. The van der Waals surface area contributed by atoms with Crippen molar-refractivity contribution in [2.45, 2.75) is 46.1 Å². The van der Waals surface area contributed by atoms with Gasteiger partial charge in [-0.1, -0.05) is 44.0 Å². The summed E-state index contributed by atoms with van der Waals surface area (Å²) in [6.07, 6.45) is 0. The molecule has 0 amide bonds. The van der Waals surface area contributed by atoms with Crippen LogP contribution in [0.4, 0.5) is 5.69 Å². The number of benzene rings is 1. The third-order valence-electron chi connectivity index (χ3n) is 2.31. The largest absolute Gasteiger partial charge is 0.382 e. The molecule has 0 fully saturated rings. The SMILES string of the molecule is CC(C)Nc1cc(Cl)c(C(C)(C)C)cc1Cl. The average Bonchev–Trinajstić information content (AvgIpc) is 2.07. The normalized spacial score (nSPS) is 12.0. The Hall–Kier alpha value is -0.400. The average molecular weight is 260 g/mol. The van der Waals surface area contributed by atoms with Gasteiger partial charge in [-0.2, -0.15) is 0 Å². The summed E-state index contributed by atoms with van der Waals surface area (Å²) < 4.78 is 0. The van der Waals surface area contributed by atoms with Crippen molar-refractivity contribution in [3.05, 3.63) is 27.7 Å². The van der Waals surface area contributed by atoms with Crippen molar-refractivity contribution < 1.29 is 0 Å². The lowest BCUT2D eigenvalue weighted by Gasteiger charge is -2.22. The molecule has 1 aromatic carbocycles. The van der Waals surface area contributed by atoms with Crippen molar-refractivity contribution in [3.8, 4) is 0 Å². The summed E-state index contributed by atoms with van der Waals surface area (Å²) in [5.74, 6) is 0. The van der Waals surface area contributed by atoms with E-state index < -0.39 is 0 Å². The highest BCUT2D eigenvalue weighted by molar-refractivity contribution is 6.35. The third kappa shape index (κ3) is 3.29. The van der Waals surface area contributed by atoms with E-state index in [1.165, 1.54) is 0 Å². The summed E-state index contributed by atoms with van der Waals surface area (Å²) in [5.41, 5.74) is 1.99. The topological polar surface area (TPSA) is 12.0 Å². The van der Waals surface area contributed by atoms with Gasteiger partial charge in [0.2, 0.25) is 0 Å². The summed E-state index contributed by atoms with van der Waals surface area (Å²) in [6.45, 7) is 10.5. The van der Waals surface area contributed by atoms with E-state index in [0.717, 1.165) is 21.3 Å². The minimum atomic E-state index is 0.0110. The Labute approximate surface area is 108 Å². The summed E-state index contributed by atoms with van der Waals surface area (Å²) in [6, 6.07) is 4.20. The molecule has 0 saturated carbocycles. The van der Waals surface area contributed by atoms with E-state index in [-0.39, 0.29) is 5.41 Å². The molecule has 0 aromatic heterocycles. The lowest BCUT2D eigenvalue weighted by Crippen LogP contribution is -2.14. The molecule has 0 aliphatic carbocycles. The first kappa shape index (κ1) is 13.7. The van der Waals surface area contributed by atoms with Gasteiger partial charge in [0.05, 0.1) is 10.7 Å². The molecule has 0 saturated heterocycles. The first-order valence-electron chi connectivity index (χ1n) is 5.48. The van der Waals surface area contributed by atoms with E-state index in [0.29, 0.717) is 6.04 Å². The fourth-order valence-corrected chi connectivity index (χ4v) is 2.21. The van der Waals surface area contributed by atoms with Crippen molar-refractivity contribution in [2.24, 2.45) is 0 Å². The molecule has 0 atom stereocenters. The van der Waals surface area contributed by atoms with Gasteiger partial charge in [0, 0.05) is 11.1 Å². The molecule has 0 bridgehead atoms. The number of anilines is 1. The van der Waals surface area contributed by atoms with Crippen molar-refractivity contribution >= 4 is 28.9 Å². The van der Waals surface area contributed by atoms with E-state index in [1.54, 1.807) is 0 Å². The highest BCUT2D eigenvalue weighted by Gasteiger charge is 2.19. The Balaban J connectivity index is 3.17. The lowest BCUT2D eigenvalue weighted by molar-refractivity contribution is 0.590. The maximum absolute atomic E-state index is 6.27. The van der Waals surface area contributed by atoms with Gasteiger partial charge in [-0.3, -0.25) is 0 Å². The zero-order valence-corrected chi connectivity index (χ0v) is 12.0. The zero-order chi connectivity index (χ0) is 12.5. The number of hydrogen-bond donors (Lipinski definition) is 1. The van der Waals surface area contributed by atoms with Crippen LogP contribution < -0.4 is 5.32 Å². The summed E-state index contributed by atoms with van der Waals surface area (Å²) in [7, 11) is 0. The number of nitrogens with one attached hydrogen (secondary N) is 1. The second kappa shape index (κ2) is 4.85. The molecule has 16 heavy (non-hydrogen) atoms. The molecule has 3 heteroatoms. The molecule has 0 aliphatic rings. The maximum Gasteiger partial charge on any atom is 0.0641 e. The Kier molecular flexibility index (Phi) is 4.14. The predicted octanol–water partition coefficient (Wildman–Crippen LogP) is 5.11. The van der Waals surface area contributed by atoms with E-state index in [4.69, 9.17) is 23.2 Å².